The number of aryl methyl sites for hydroxylation is 2. The maximum atomic E-state index is 5.87. The molecule has 2 heteroatoms. The van der Waals surface area contributed by atoms with Crippen LogP contribution in [-0.4, -0.2) is 11.0 Å². The predicted octanol–water partition coefficient (Wildman–Crippen LogP) is 2.70. The number of nitrogens with two attached hydrogens (primary N) is 1. The van der Waals surface area contributed by atoms with E-state index in [0.717, 1.165) is 25.7 Å². The molecule has 1 aromatic rings. The van der Waals surface area contributed by atoms with Crippen LogP contribution in [0.3, 0.4) is 0 Å². The van der Waals surface area contributed by atoms with Crippen LogP contribution in [0.4, 0.5) is 0 Å². The Balaban J connectivity index is 2.42. The van der Waals surface area contributed by atoms with Crippen molar-refractivity contribution < 1.29 is 0 Å². The molecule has 15 heavy (non-hydrogen) atoms. The van der Waals surface area contributed by atoms with Crippen LogP contribution in [0.15, 0.2) is 18.3 Å². The first kappa shape index (κ1) is 12.2. The molecule has 0 fully saturated rings. The van der Waals surface area contributed by atoms with E-state index in [4.69, 9.17) is 5.73 Å². The molecule has 0 bridgehead atoms. The van der Waals surface area contributed by atoms with Gasteiger partial charge in [-0.15, -0.1) is 0 Å². The molecule has 0 saturated carbocycles. The number of aromatic nitrogens is 1. The third-order valence-electron chi connectivity index (χ3n) is 2.72. The summed E-state index contributed by atoms with van der Waals surface area (Å²) in [6.07, 6.45) is 7.39. The van der Waals surface area contributed by atoms with Gasteiger partial charge >= 0.3 is 0 Å². The van der Waals surface area contributed by atoms with E-state index in [1.165, 1.54) is 17.7 Å². The van der Waals surface area contributed by atoms with Gasteiger partial charge < -0.3 is 5.73 Å². The quantitative estimate of drug-likeness (QED) is 0.777. The molecule has 84 valence electrons. The average Bonchev–Trinajstić information content (AvgIpc) is 2.28. The smallest absolute Gasteiger partial charge is 0.0404 e. The number of nitrogens with zero attached hydrogens (tertiary/aromatic N) is 1. The first-order chi connectivity index (χ1) is 7.26. The monoisotopic (exact) mass is 206 g/mol. The van der Waals surface area contributed by atoms with E-state index in [2.05, 4.69) is 31.0 Å². The molecule has 0 aromatic carbocycles. The molecule has 2 nitrogen and oxygen atoms in total. The minimum absolute atomic E-state index is 0.321. The van der Waals surface area contributed by atoms with Gasteiger partial charge in [-0.3, -0.25) is 4.98 Å². The molecule has 1 atom stereocenters. The van der Waals surface area contributed by atoms with Crippen molar-refractivity contribution in [1.29, 1.82) is 0 Å². The fourth-order valence-corrected chi connectivity index (χ4v) is 1.58. The molecule has 2 N–H and O–H groups in total. The first-order valence-electron chi connectivity index (χ1n) is 5.95. The Bertz CT molecular complexity index is 266. The van der Waals surface area contributed by atoms with Gasteiger partial charge in [0.15, 0.2) is 0 Å². The molecular weight excluding hydrogens is 184 g/mol. The van der Waals surface area contributed by atoms with Gasteiger partial charge in [0.05, 0.1) is 0 Å². The van der Waals surface area contributed by atoms with Crippen molar-refractivity contribution in [2.75, 3.05) is 0 Å². The van der Waals surface area contributed by atoms with Crippen LogP contribution >= 0.6 is 0 Å². The van der Waals surface area contributed by atoms with Crippen LogP contribution < -0.4 is 5.73 Å². The highest BCUT2D eigenvalue weighted by molar-refractivity contribution is 5.14. The van der Waals surface area contributed by atoms with Crippen molar-refractivity contribution >= 4 is 0 Å². The Hall–Kier alpha value is -0.890. The minimum Gasteiger partial charge on any atom is -0.328 e. The van der Waals surface area contributed by atoms with E-state index >= 15 is 0 Å². The maximum Gasteiger partial charge on any atom is 0.0404 e. The lowest BCUT2D eigenvalue weighted by Crippen LogP contribution is -2.19. The summed E-state index contributed by atoms with van der Waals surface area (Å²) >= 11 is 0. The van der Waals surface area contributed by atoms with Crippen molar-refractivity contribution in [2.45, 2.75) is 52.0 Å². The molecule has 0 spiro atoms. The Labute approximate surface area is 92.9 Å². The highest BCUT2D eigenvalue weighted by Crippen LogP contribution is 2.06. The van der Waals surface area contributed by atoms with Crippen LogP contribution in [0.2, 0.25) is 0 Å². The van der Waals surface area contributed by atoms with Gasteiger partial charge in [-0.25, -0.2) is 0 Å². The van der Waals surface area contributed by atoms with Gasteiger partial charge in [-0.05, 0) is 37.3 Å². The summed E-state index contributed by atoms with van der Waals surface area (Å²) in [5.41, 5.74) is 8.37. The summed E-state index contributed by atoms with van der Waals surface area (Å²) in [5.74, 6) is 0. The zero-order valence-corrected chi connectivity index (χ0v) is 9.87. The van der Waals surface area contributed by atoms with Gasteiger partial charge in [-0.1, -0.05) is 26.3 Å². The van der Waals surface area contributed by atoms with Gasteiger partial charge in [-0.2, -0.15) is 0 Å². The van der Waals surface area contributed by atoms with E-state index in [-0.39, 0.29) is 0 Å². The summed E-state index contributed by atoms with van der Waals surface area (Å²) < 4.78 is 0. The second kappa shape index (κ2) is 6.57. The predicted molar refractivity (Wildman–Crippen MR) is 64.8 cm³/mol. The second-order valence-electron chi connectivity index (χ2n) is 4.11. The zero-order chi connectivity index (χ0) is 11.1. The van der Waals surface area contributed by atoms with Crippen LogP contribution in [-0.2, 0) is 12.8 Å². The van der Waals surface area contributed by atoms with Crippen molar-refractivity contribution in [3.05, 3.63) is 29.6 Å². The Morgan fingerprint density at radius 2 is 2.07 bits per heavy atom. The van der Waals surface area contributed by atoms with E-state index < -0.39 is 0 Å². The Morgan fingerprint density at radius 1 is 1.27 bits per heavy atom. The van der Waals surface area contributed by atoms with Crippen molar-refractivity contribution in [1.82, 2.24) is 4.98 Å². The highest BCUT2D eigenvalue weighted by atomic mass is 14.7. The molecule has 0 amide bonds. The molecule has 1 aromatic heterocycles. The summed E-state index contributed by atoms with van der Waals surface area (Å²) in [7, 11) is 0. The summed E-state index contributed by atoms with van der Waals surface area (Å²) in [6.45, 7) is 4.32. The van der Waals surface area contributed by atoms with E-state index in [9.17, 15) is 0 Å². The fourth-order valence-electron chi connectivity index (χ4n) is 1.58. The standard InChI is InChI=1S/C13H22N2/c1-3-5-11-6-8-13(15-10-11)9-7-12(14)4-2/h6,8,10,12H,3-5,7,9,14H2,1-2H3. The van der Waals surface area contributed by atoms with Crippen molar-refractivity contribution in [2.24, 2.45) is 5.73 Å². The Kier molecular flexibility index (Phi) is 5.33. The molecule has 1 rings (SSSR count). The molecule has 1 heterocycles. The number of rotatable bonds is 6. The number of pyridine rings is 1. The number of hydrogen-bond donors (Lipinski definition) is 1. The maximum absolute atomic E-state index is 5.87. The van der Waals surface area contributed by atoms with Gasteiger partial charge in [0, 0.05) is 17.9 Å². The summed E-state index contributed by atoms with van der Waals surface area (Å²) in [5, 5.41) is 0. The molecular formula is C13H22N2. The van der Waals surface area contributed by atoms with Gasteiger partial charge in [0.2, 0.25) is 0 Å². The molecule has 0 radical (unpaired) electrons. The van der Waals surface area contributed by atoms with Gasteiger partial charge in [0.25, 0.3) is 0 Å². The highest BCUT2D eigenvalue weighted by Gasteiger charge is 2.01. The first-order valence-corrected chi connectivity index (χ1v) is 5.95. The molecule has 0 aliphatic heterocycles. The number of hydrogen-bond acceptors (Lipinski definition) is 2. The average molecular weight is 206 g/mol. The fraction of sp³-hybridized carbons (Fsp3) is 0.615. The lowest BCUT2D eigenvalue weighted by Gasteiger charge is -2.07. The topological polar surface area (TPSA) is 38.9 Å². The third-order valence-corrected chi connectivity index (χ3v) is 2.72. The summed E-state index contributed by atoms with van der Waals surface area (Å²) in [4.78, 5) is 4.45. The lowest BCUT2D eigenvalue weighted by molar-refractivity contribution is 0.591. The second-order valence-corrected chi connectivity index (χ2v) is 4.11. The summed E-state index contributed by atoms with van der Waals surface area (Å²) in [6, 6.07) is 4.64. The van der Waals surface area contributed by atoms with Crippen molar-refractivity contribution in [3.8, 4) is 0 Å². The minimum atomic E-state index is 0.321. The zero-order valence-electron chi connectivity index (χ0n) is 9.87. The van der Waals surface area contributed by atoms with Crippen LogP contribution in [0.1, 0.15) is 44.4 Å². The van der Waals surface area contributed by atoms with E-state index in [1.807, 2.05) is 6.20 Å². The van der Waals surface area contributed by atoms with Crippen LogP contribution in [0, 0.1) is 0 Å². The van der Waals surface area contributed by atoms with E-state index in [0.29, 0.717) is 6.04 Å². The normalized spacial score (nSPS) is 12.7. The lowest BCUT2D eigenvalue weighted by atomic mass is 10.1. The van der Waals surface area contributed by atoms with E-state index in [1.54, 1.807) is 0 Å². The molecule has 0 aliphatic carbocycles. The molecule has 0 aliphatic rings. The van der Waals surface area contributed by atoms with Gasteiger partial charge in [0.1, 0.15) is 0 Å². The third kappa shape index (κ3) is 4.43. The van der Waals surface area contributed by atoms with Crippen molar-refractivity contribution in [3.63, 3.8) is 0 Å². The molecule has 1 unspecified atom stereocenters. The molecule has 0 saturated heterocycles. The Morgan fingerprint density at radius 3 is 2.60 bits per heavy atom. The largest absolute Gasteiger partial charge is 0.328 e. The van der Waals surface area contributed by atoms with Crippen LogP contribution in [0.5, 0.6) is 0 Å². The SMILES string of the molecule is CCCc1ccc(CCC(N)CC)nc1. The van der Waals surface area contributed by atoms with Crippen LogP contribution in [0.25, 0.3) is 0 Å².